The van der Waals surface area contributed by atoms with Gasteiger partial charge in [0.15, 0.2) is 0 Å². The number of aliphatic imine (C=N–C) groups is 2. The lowest BCUT2D eigenvalue weighted by molar-refractivity contribution is 0.123. The monoisotopic (exact) mass is 806 g/mol. The van der Waals surface area contributed by atoms with E-state index in [2.05, 4.69) is 97.1 Å². The first-order chi connectivity index (χ1) is 27.8. The van der Waals surface area contributed by atoms with Gasteiger partial charge in [0, 0.05) is 67.6 Å². The topological polar surface area (TPSA) is 98.6 Å². The maximum Gasteiger partial charge on any atom is 0.500 e. The Hall–Kier alpha value is -3.99. The van der Waals surface area contributed by atoms with Crippen molar-refractivity contribution in [1.82, 2.24) is 0 Å². The molecule has 2 aliphatic carbocycles. The quantitative estimate of drug-likeness (QED) is 0.0956. The van der Waals surface area contributed by atoms with Gasteiger partial charge < -0.3 is 36.0 Å². The van der Waals surface area contributed by atoms with Gasteiger partial charge >= 0.3 is 17.6 Å². The summed E-state index contributed by atoms with van der Waals surface area (Å²) in [6.45, 7) is 0. The number of hydrogen-bond acceptors (Lipinski definition) is 10. The zero-order valence-electron chi connectivity index (χ0n) is 33.9. The number of nitrogens with zero attached hydrogens (tertiary/aromatic N) is 2. The van der Waals surface area contributed by atoms with E-state index in [9.17, 15) is 0 Å². The van der Waals surface area contributed by atoms with Gasteiger partial charge in [-0.3, -0.25) is 0 Å². The molecule has 0 radical (unpaired) electrons. The van der Waals surface area contributed by atoms with Crippen molar-refractivity contribution < 1.29 is 36.0 Å². The van der Waals surface area contributed by atoms with Gasteiger partial charge in [-0.1, -0.05) is 97.1 Å². The normalized spacial score (nSPS) is 20.9. The Morgan fingerprint density at radius 2 is 0.860 bits per heavy atom. The van der Waals surface area contributed by atoms with Gasteiger partial charge in [0.25, 0.3) is 0 Å². The van der Waals surface area contributed by atoms with Crippen molar-refractivity contribution >= 4 is 29.4 Å². The van der Waals surface area contributed by atoms with E-state index in [0.717, 1.165) is 36.8 Å². The van der Waals surface area contributed by atoms with Crippen molar-refractivity contribution in [1.29, 1.82) is 0 Å². The first kappa shape index (κ1) is 39.8. The second kappa shape index (κ2) is 16.7. The average Bonchev–Trinajstić information content (AvgIpc) is 4.03. The molecule has 2 heterocycles. The molecule has 2 aliphatic heterocycles. The van der Waals surface area contributed by atoms with Crippen LogP contribution in [0.3, 0.4) is 0 Å². The summed E-state index contributed by atoms with van der Waals surface area (Å²) in [6, 6.07) is 36.1. The molecule has 0 N–H and O–H groups in total. The number of aryl methyl sites for hydroxylation is 2. The van der Waals surface area contributed by atoms with Crippen LogP contribution in [-0.2, 0) is 74.6 Å². The molecule has 8 rings (SSSR count). The zero-order valence-corrected chi connectivity index (χ0v) is 35.9. The Kier molecular flexibility index (Phi) is 11.7. The third-order valence-corrected chi connectivity index (χ3v) is 18.0. The first-order valence-electron chi connectivity index (χ1n) is 19.9. The van der Waals surface area contributed by atoms with E-state index in [4.69, 9.17) is 46.0 Å². The summed E-state index contributed by atoms with van der Waals surface area (Å²) in [7, 11) is 4.54. The van der Waals surface area contributed by atoms with Crippen LogP contribution in [0.5, 0.6) is 0 Å². The van der Waals surface area contributed by atoms with E-state index in [1.807, 2.05) is 0 Å². The van der Waals surface area contributed by atoms with Gasteiger partial charge in [-0.25, -0.2) is 9.98 Å². The van der Waals surface area contributed by atoms with Crippen molar-refractivity contribution in [2.45, 2.75) is 74.9 Å². The van der Waals surface area contributed by atoms with Gasteiger partial charge in [0.2, 0.25) is 11.8 Å². The van der Waals surface area contributed by atoms with Crippen molar-refractivity contribution in [3.05, 3.63) is 142 Å². The molecular formula is C45H54N2O8Si2. The Bertz CT molecular complexity index is 1920. The summed E-state index contributed by atoms with van der Waals surface area (Å²) in [6.07, 6.45) is 4.27. The number of fused-ring (bicyclic) bond motifs is 6. The second-order valence-corrected chi connectivity index (χ2v) is 21.7. The fourth-order valence-electron chi connectivity index (χ4n) is 9.17. The second-order valence-electron chi connectivity index (χ2n) is 15.5. The van der Waals surface area contributed by atoms with Gasteiger partial charge in [0.1, 0.15) is 29.7 Å². The molecule has 0 saturated carbocycles. The van der Waals surface area contributed by atoms with Crippen LogP contribution in [-0.4, -0.2) is 84.3 Å². The molecule has 0 spiro atoms. The lowest BCUT2D eigenvalue weighted by Crippen LogP contribution is -2.45. The SMILES string of the molecule is CO[Si](CCc1ccc(CC(Cc2ccc(CC[Si](OC)(OC)OC)cc2)(C2=N[C@@H]3c4ccccc4C[C@@H]3O2)C2=N[C@@H]3c4ccccc4C[C@@H]3O2)cc1)(OC)OC. The Morgan fingerprint density at radius 3 is 1.23 bits per heavy atom. The average molecular weight is 807 g/mol. The largest absolute Gasteiger partial charge is 0.500 e. The molecule has 57 heavy (non-hydrogen) atoms. The summed E-state index contributed by atoms with van der Waals surface area (Å²) >= 11 is 0. The highest BCUT2D eigenvalue weighted by Gasteiger charge is 2.55. The van der Waals surface area contributed by atoms with Gasteiger partial charge in [0.05, 0.1) is 0 Å². The number of rotatable bonds is 18. The molecule has 0 aromatic heterocycles. The Morgan fingerprint density at radius 1 is 0.509 bits per heavy atom. The van der Waals surface area contributed by atoms with Gasteiger partial charge in [-0.05, 0) is 70.2 Å². The maximum atomic E-state index is 7.07. The van der Waals surface area contributed by atoms with Gasteiger partial charge in [-0.15, -0.1) is 0 Å². The molecule has 0 amide bonds. The van der Waals surface area contributed by atoms with Crippen LogP contribution < -0.4 is 0 Å². The van der Waals surface area contributed by atoms with Crippen molar-refractivity contribution in [2.24, 2.45) is 15.4 Å². The number of hydrogen-bond donors (Lipinski definition) is 0. The maximum absolute atomic E-state index is 7.07. The summed E-state index contributed by atoms with van der Waals surface area (Å²) in [5.41, 5.74) is 8.97. The molecule has 0 bridgehead atoms. The molecule has 4 aliphatic rings. The molecule has 4 atom stereocenters. The summed E-state index contributed by atoms with van der Waals surface area (Å²) in [5, 5.41) is 0. The molecule has 12 heteroatoms. The highest BCUT2D eigenvalue weighted by atomic mass is 28.4. The molecule has 10 nitrogen and oxygen atoms in total. The summed E-state index contributed by atoms with van der Waals surface area (Å²) in [4.78, 5) is 11.0. The van der Waals surface area contributed by atoms with Crippen LogP contribution in [0, 0.1) is 5.41 Å². The van der Waals surface area contributed by atoms with Crippen LogP contribution in [0.4, 0.5) is 0 Å². The van der Waals surface area contributed by atoms with Crippen LogP contribution in [0.1, 0.15) is 56.6 Å². The van der Waals surface area contributed by atoms with Crippen LogP contribution in [0.15, 0.2) is 107 Å². The van der Waals surface area contributed by atoms with E-state index >= 15 is 0 Å². The first-order valence-corrected chi connectivity index (χ1v) is 23.8. The van der Waals surface area contributed by atoms with Crippen molar-refractivity contribution in [2.75, 3.05) is 42.7 Å². The van der Waals surface area contributed by atoms with Crippen LogP contribution in [0.2, 0.25) is 12.1 Å². The summed E-state index contributed by atoms with van der Waals surface area (Å²) in [5.74, 6) is 1.42. The smallest absolute Gasteiger partial charge is 0.474 e. The van der Waals surface area contributed by atoms with E-state index < -0.39 is 23.0 Å². The zero-order chi connectivity index (χ0) is 39.6. The van der Waals surface area contributed by atoms with E-state index in [0.29, 0.717) is 36.7 Å². The van der Waals surface area contributed by atoms with Gasteiger partial charge in [-0.2, -0.15) is 0 Å². The molecule has 4 aromatic carbocycles. The van der Waals surface area contributed by atoms with E-state index in [-0.39, 0.29) is 24.3 Å². The summed E-state index contributed by atoms with van der Waals surface area (Å²) < 4.78 is 48.3. The lowest BCUT2D eigenvalue weighted by atomic mass is 9.75. The minimum Gasteiger partial charge on any atom is -0.474 e. The van der Waals surface area contributed by atoms with Crippen LogP contribution >= 0.6 is 0 Å². The molecule has 4 aromatic rings. The molecular weight excluding hydrogens is 753 g/mol. The van der Waals surface area contributed by atoms with E-state index in [1.165, 1.54) is 33.4 Å². The molecule has 0 saturated heterocycles. The minimum atomic E-state index is -2.71. The standard InChI is InChI=1S/C45H54N2O8Si2/c1-48-56(49-2,50-3)25-23-31-15-19-33(20-16-31)29-45(43-46-41-37-13-9-7-11-35(37)27-39(41)54-43,44-47-42-38-14-10-8-12-36(38)28-40(42)55-44)30-34-21-17-32(18-22-34)24-26-57(51-4,52-5)53-6/h7-22,39-42H,23-30H2,1-6H3/t39-,40-,41+,42+/m0/s1. The van der Waals surface area contributed by atoms with Crippen molar-refractivity contribution in [3.8, 4) is 0 Å². The lowest BCUT2D eigenvalue weighted by Gasteiger charge is -2.34. The predicted molar refractivity (Wildman–Crippen MR) is 224 cm³/mol. The Balaban J connectivity index is 1.17. The van der Waals surface area contributed by atoms with Crippen molar-refractivity contribution in [3.63, 3.8) is 0 Å². The predicted octanol–water partition coefficient (Wildman–Crippen LogP) is 7.49. The number of ether oxygens (including phenoxy) is 2. The highest BCUT2D eigenvalue weighted by Crippen LogP contribution is 2.49. The Labute approximate surface area is 338 Å². The van der Waals surface area contributed by atoms with E-state index in [1.54, 1.807) is 42.7 Å². The third kappa shape index (κ3) is 7.70. The minimum absolute atomic E-state index is 0.0673. The molecule has 0 fully saturated rings. The number of benzene rings is 4. The third-order valence-electron chi connectivity index (χ3n) is 12.5. The highest BCUT2D eigenvalue weighted by molar-refractivity contribution is 6.61. The molecule has 0 unspecified atom stereocenters. The molecule has 300 valence electrons. The fourth-order valence-corrected chi connectivity index (χ4v) is 12.6. The van der Waals surface area contributed by atoms with Crippen LogP contribution in [0.25, 0.3) is 0 Å². The fraction of sp³-hybridized carbons (Fsp3) is 0.422.